The van der Waals surface area contributed by atoms with Crippen molar-refractivity contribution in [3.8, 4) is 0 Å². The fraction of sp³-hybridized carbons (Fsp3) is 0.400. The van der Waals surface area contributed by atoms with Gasteiger partial charge >= 0.3 is 0 Å². The molecular weight excluding hydrogens is 138 g/mol. The van der Waals surface area contributed by atoms with Crippen LogP contribution < -0.4 is 5.73 Å². The van der Waals surface area contributed by atoms with Crippen molar-refractivity contribution in [1.29, 1.82) is 0 Å². The molecule has 0 unspecified atom stereocenters. The summed E-state index contributed by atoms with van der Waals surface area (Å²) in [5.74, 6) is 0. The maximum atomic E-state index is 5.56. The van der Waals surface area contributed by atoms with Gasteiger partial charge in [0.2, 0.25) is 0 Å². The highest BCUT2D eigenvalue weighted by atomic mass is 35.5. The number of nitrogens with two attached hydrogens (primary N) is 1. The summed E-state index contributed by atoms with van der Waals surface area (Å²) < 4.78 is 1.67. The lowest BCUT2D eigenvalue weighted by Gasteiger charge is -1.92. The van der Waals surface area contributed by atoms with E-state index in [4.69, 9.17) is 17.3 Å². The van der Waals surface area contributed by atoms with E-state index in [0.29, 0.717) is 11.7 Å². The summed E-state index contributed by atoms with van der Waals surface area (Å²) in [4.78, 5) is 0. The van der Waals surface area contributed by atoms with E-state index in [0.717, 1.165) is 5.69 Å². The van der Waals surface area contributed by atoms with Gasteiger partial charge in [-0.2, -0.15) is 5.10 Å². The van der Waals surface area contributed by atoms with E-state index >= 15 is 0 Å². The molecule has 1 rings (SSSR count). The molecule has 0 atom stereocenters. The molecule has 0 aliphatic heterocycles. The zero-order valence-corrected chi connectivity index (χ0v) is 5.89. The third-order valence-electron chi connectivity index (χ3n) is 1.16. The van der Waals surface area contributed by atoms with Crippen LogP contribution in [-0.4, -0.2) is 9.78 Å². The summed E-state index contributed by atoms with van der Waals surface area (Å²) in [6, 6.07) is 1.75. The van der Waals surface area contributed by atoms with Gasteiger partial charge in [0.1, 0.15) is 0 Å². The largest absolute Gasteiger partial charge is 0.325 e. The Morgan fingerprint density at radius 3 is 2.78 bits per heavy atom. The number of nitrogens with zero attached hydrogens (tertiary/aromatic N) is 2. The summed E-state index contributed by atoms with van der Waals surface area (Å²) in [6.07, 6.45) is 0. The minimum absolute atomic E-state index is 0.482. The van der Waals surface area contributed by atoms with Crippen molar-refractivity contribution in [2.75, 3.05) is 0 Å². The van der Waals surface area contributed by atoms with Gasteiger partial charge in [0.25, 0.3) is 0 Å². The van der Waals surface area contributed by atoms with Crippen LogP contribution in [0.25, 0.3) is 0 Å². The molecule has 0 aliphatic rings. The van der Waals surface area contributed by atoms with Crippen molar-refractivity contribution in [2.45, 2.75) is 6.54 Å². The van der Waals surface area contributed by atoms with E-state index in [9.17, 15) is 0 Å². The molecule has 0 fully saturated rings. The lowest BCUT2D eigenvalue weighted by Crippen LogP contribution is -2.03. The van der Waals surface area contributed by atoms with Crippen LogP contribution in [-0.2, 0) is 13.6 Å². The minimum Gasteiger partial charge on any atom is -0.325 e. The van der Waals surface area contributed by atoms with Gasteiger partial charge in [-0.05, 0) is 6.07 Å². The predicted octanol–water partition coefficient (Wildman–Crippen LogP) is 0.532. The molecule has 4 heteroatoms. The van der Waals surface area contributed by atoms with Gasteiger partial charge in [-0.3, -0.25) is 4.68 Å². The average molecular weight is 146 g/mol. The molecule has 9 heavy (non-hydrogen) atoms. The van der Waals surface area contributed by atoms with Crippen LogP contribution in [0.4, 0.5) is 0 Å². The monoisotopic (exact) mass is 145 g/mol. The topological polar surface area (TPSA) is 43.8 Å². The second-order valence-corrected chi connectivity index (χ2v) is 2.17. The number of aromatic nitrogens is 2. The molecule has 2 N–H and O–H groups in total. The van der Waals surface area contributed by atoms with Crippen molar-refractivity contribution in [2.24, 2.45) is 12.8 Å². The van der Waals surface area contributed by atoms with Crippen LogP contribution >= 0.6 is 11.6 Å². The third-order valence-corrected chi connectivity index (χ3v) is 1.34. The van der Waals surface area contributed by atoms with E-state index in [1.165, 1.54) is 0 Å². The normalized spacial score (nSPS) is 10.1. The third kappa shape index (κ3) is 1.23. The Morgan fingerprint density at radius 1 is 1.89 bits per heavy atom. The summed E-state index contributed by atoms with van der Waals surface area (Å²) in [6.45, 7) is 0.482. The Balaban J connectivity index is 3.01. The van der Waals surface area contributed by atoms with Crippen LogP contribution in [0.5, 0.6) is 0 Å². The molecule has 0 aliphatic carbocycles. The van der Waals surface area contributed by atoms with E-state index in [1.54, 1.807) is 10.7 Å². The van der Waals surface area contributed by atoms with Gasteiger partial charge in [-0.25, -0.2) is 0 Å². The second-order valence-electron chi connectivity index (χ2n) is 1.79. The molecule has 1 aromatic rings. The van der Waals surface area contributed by atoms with Gasteiger partial charge in [0, 0.05) is 13.6 Å². The lowest BCUT2D eigenvalue weighted by atomic mass is 10.4. The molecular formula is C5H8ClN3. The SMILES string of the molecule is Cn1nc(Cl)cc1CN. The first-order valence-electron chi connectivity index (χ1n) is 2.62. The highest BCUT2D eigenvalue weighted by molar-refractivity contribution is 6.29. The number of hydrogen-bond donors (Lipinski definition) is 1. The Hall–Kier alpha value is -0.540. The molecule has 50 valence electrons. The van der Waals surface area contributed by atoms with Crippen molar-refractivity contribution in [3.63, 3.8) is 0 Å². The number of rotatable bonds is 1. The Labute approximate surface area is 58.4 Å². The highest BCUT2D eigenvalue weighted by Gasteiger charge is 1.98. The van der Waals surface area contributed by atoms with Crippen molar-refractivity contribution >= 4 is 11.6 Å². The second kappa shape index (κ2) is 2.37. The van der Waals surface area contributed by atoms with Gasteiger partial charge < -0.3 is 5.73 Å². The summed E-state index contributed by atoms with van der Waals surface area (Å²) in [5, 5.41) is 4.38. The Kier molecular flexibility index (Phi) is 1.73. The predicted molar refractivity (Wildman–Crippen MR) is 36.1 cm³/mol. The summed E-state index contributed by atoms with van der Waals surface area (Å²) >= 11 is 5.56. The van der Waals surface area contributed by atoms with Crippen LogP contribution in [0.2, 0.25) is 5.15 Å². The van der Waals surface area contributed by atoms with E-state index in [-0.39, 0.29) is 0 Å². The fourth-order valence-electron chi connectivity index (χ4n) is 0.658. The molecule has 0 saturated carbocycles. The van der Waals surface area contributed by atoms with Crippen LogP contribution in [0.15, 0.2) is 6.07 Å². The Bertz CT molecular complexity index is 206. The maximum Gasteiger partial charge on any atom is 0.151 e. The van der Waals surface area contributed by atoms with Crippen molar-refractivity contribution in [3.05, 3.63) is 16.9 Å². The van der Waals surface area contributed by atoms with E-state index < -0.39 is 0 Å². The van der Waals surface area contributed by atoms with Crippen molar-refractivity contribution < 1.29 is 0 Å². The molecule has 0 saturated heterocycles. The quantitative estimate of drug-likeness (QED) is 0.627. The standard InChI is InChI=1S/C5H8ClN3/c1-9-4(3-7)2-5(6)8-9/h2H,3,7H2,1H3. The van der Waals surface area contributed by atoms with Crippen LogP contribution in [0.3, 0.4) is 0 Å². The fourth-order valence-corrected chi connectivity index (χ4v) is 0.898. The first-order chi connectivity index (χ1) is 4.24. The molecule has 0 amide bonds. The average Bonchev–Trinajstić information content (AvgIpc) is 2.10. The van der Waals surface area contributed by atoms with Gasteiger partial charge in [-0.15, -0.1) is 0 Å². The molecule has 0 spiro atoms. The van der Waals surface area contributed by atoms with Gasteiger partial charge in [0.15, 0.2) is 5.15 Å². The van der Waals surface area contributed by atoms with Crippen molar-refractivity contribution in [1.82, 2.24) is 9.78 Å². The first-order valence-corrected chi connectivity index (χ1v) is 3.00. The molecule has 0 bridgehead atoms. The van der Waals surface area contributed by atoms with E-state index in [2.05, 4.69) is 5.10 Å². The molecule has 1 heterocycles. The van der Waals surface area contributed by atoms with Crippen LogP contribution in [0, 0.1) is 0 Å². The minimum atomic E-state index is 0.482. The molecule has 0 radical (unpaired) electrons. The highest BCUT2D eigenvalue weighted by Crippen LogP contribution is 2.06. The number of aryl methyl sites for hydroxylation is 1. The smallest absolute Gasteiger partial charge is 0.151 e. The zero-order valence-electron chi connectivity index (χ0n) is 5.13. The zero-order chi connectivity index (χ0) is 6.85. The number of halogens is 1. The van der Waals surface area contributed by atoms with Crippen LogP contribution in [0.1, 0.15) is 5.69 Å². The van der Waals surface area contributed by atoms with Gasteiger partial charge in [-0.1, -0.05) is 11.6 Å². The van der Waals surface area contributed by atoms with E-state index in [1.807, 2.05) is 7.05 Å². The molecule has 1 aromatic heterocycles. The maximum absolute atomic E-state index is 5.56. The lowest BCUT2D eigenvalue weighted by molar-refractivity contribution is 0.712. The summed E-state index contributed by atoms with van der Waals surface area (Å²) in [7, 11) is 1.81. The van der Waals surface area contributed by atoms with Gasteiger partial charge in [0.05, 0.1) is 5.69 Å². The first kappa shape index (κ1) is 6.58. The Morgan fingerprint density at radius 2 is 2.56 bits per heavy atom. The summed E-state index contributed by atoms with van der Waals surface area (Å²) in [5.41, 5.74) is 6.29. The molecule has 0 aromatic carbocycles. The molecule has 3 nitrogen and oxygen atoms in total. The number of hydrogen-bond acceptors (Lipinski definition) is 2.